The van der Waals surface area contributed by atoms with Gasteiger partial charge in [0, 0.05) is 12.6 Å². The van der Waals surface area contributed by atoms with E-state index in [0.717, 1.165) is 13.0 Å². The zero-order valence-corrected chi connectivity index (χ0v) is 10.5. The summed E-state index contributed by atoms with van der Waals surface area (Å²) in [4.78, 5) is 0. The Balaban J connectivity index is 2.85. The van der Waals surface area contributed by atoms with Gasteiger partial charge in [0.1, 0.15) is 0 Å². The van der Waals surface area contributed by atoms with E-state index in [0.29, 0.717) is 12.0 Å². The molecule has 0 saturated carbocycles. The maximum atomic E-state index is 4.43. The van der Waals surface area contributed by atoms with Gasteiger partial charge in [0.25, 0.3) is 0 Å². The molecule has 0 amide bonds. The average molecular weight is 209 g/mol. The lowest BCUT2D eigenvalue weighted by Crippen LogP contribution is -2.13. The van der Waals surface area contributed by atoms with Gasteiger partial charge in [-0.2, -0.15) is 5.10 Å². The van der Waals surface area contributed by atoms with Gasteiger partial charge in [0.2, 0.25) is 0 Å². The summed E-state index contributed by atoms with van der Waals surface area (Å²) in [5.41, 5.74) is 2.51. The third-order valence-electron chi connectivity index (χ3n) is 2.27. The first-order valence-electron chi connectivity index (χ1n) is 5.85. The van der Waals surface area contributed by atoms with Crippen molar-refractivity contribution in [1.82, 2.24) is 9.78 Å². The molecule has 0 spiro atoms. The molecule has 0 saturated heterocycles. The van der Waals surface area contributed by atoms with Crippen molar-refractivity contribution in [2.24, 2.45) is 5.92 Å². The highest BCUT2D eigenvalue weighted by Crippen LogP contribution is 2.17. The smallest absolute Gasteiger partial charge is 0.0761 e. The molecule has 0 fully saturated rings. The predicted molar refractivity (Wildman–Crippen MR) is 65.2 cm³/mol. The second-order valence-electron chi connectivity index (χ2n) is 4.73. The number of nitrogens with one attached hydrogen (secondary N) is 1. The molecule has 1 N–H and O–H groups in total. The molecular formula is C12H23N3. The Bertz CT molecular complexity index is 272. The molecule has 0 unspecified atom stereocenters. The van der Waals surface area contributed by atoms with Crippen molar-refractivity contribution in [3.8, 4) is 0 Å². The molecule has 15 heavy (non-hydrogen) atoms. The van der Waals surface area contributed by atoms with Crippen LogP contribution in [0, 0.1) is 5.92 Å². The van der Waals surface area contributed by atoms with Gasteiger partial charge in [-0.25, -0.2) is 0 Å². The van der Waals surface area contributed by atoms with E-state index in [-0.39, 0.29) is 0 Å². The van der Waals surface area contributed by atoms with E-state index in [9.17, 15) is 0 Å². The summed E-state index contributed by atoms with van der Waals surface area (Å²) in [6.45, 7) is 11.9. The van der Waals surface area contributed by atoms with Crippen molar-refractivity contribution in [3.05, 3.63) is 11.9 Å². The third kappa shape index (κ3) is 3.26. The molecule has 1 heterocycles. The summed E-state index contributed by atoms with van der Waals surface area (Å²) in [6, 6.07) is 0.465. The average Bonchev–Trinajstić information content (AvgIpc) is 2.45. The fourth-order valence-electron chi connectivity index (χ4n) is 1.72. The molecular weight excluding hydrogens is 186 g/mol. The van der Waals surface area contributed by atoms with Crippen molar-refractivity contribution < 1.29 is 0 Å². The van der Waals surface area contributed by atoms with E-state index < -0.39 is 0 Å². The first-order chi connectivity index (χ1) is 7.04. The van der Waals surface area contributed by atoms with Crippen LogP contribution in [0.5, 0.6) is 0 Å². The molecule has 0 radical (unpaired) electrons. The van der Waals surface area contributed by atoms with E-state index in [2.05, 4.69) is 49.7 Å². The Morgan fingerprint density at radius 3 is 2.47 bits per heavy atom. The van der Waals surface area contributed by atoms with Crippen molar-refractivity contribution in [3.63, 3.8) is 0 Å². The molecule has 0 bridgehead atoms. The van der Waals surface area contributed by atoms with E-state index in [4.69, 9.17) is 0 Å². The van der Waals surface area contributed by atoms with E-state index in [1.807, 2.05) is 6.20 Å². The molecule has 1 aromatic heterocycles. The van der Waals surface area contributed by atoms with Gasteiger partial charge in [0.05, 0.1) is 17.6 Å². The van der Waals surface area contributed by atoms with Crippen molar-refractivity contribution >= 4 is 5.69 Å². The molecule has 0 aliphatic rings. The van der Waals surface area contributed by atoms with Crippen LogP contribution >= 0.6 is 0 Å². The van der Waals surface area contributed by atoms with Crippen LogP contribution in [0.15, 0.2) is 6.20 Å². The van der Waals surface area contributed by atoms with Crippen LogP contribution in [-0.2, 0) is 13.0 Å². The third-order valence-corrected chi connectivity index (χ3v) is 2.27. The van der Waals surface area contributed by atoms with Crippen LogP contribution in [-0.4, -0.2) is 15.8 Å². The summed E-state index contributed by atoms with van der Waals surface area (Å²) >= 11 is 0. The summed E-state index contributed by atoms with van der Waals surface area (Å²) in [6.07, 6.45) is 2.98. The highest BCUT2D eigenvalue weighted by atomic mass is 15.3. The largest absolute Gasteiger partial charge is 0.380 e. The summed E-state index contributed by atoms with van der Waals surface area (Å²) < 4.78 is 2.12. The second-order valence-corrected chi connectivity index (χ2v) is 4.73. The fraction of sp³-hybridized carbons (Fsp3) is 0.750. The van der Waals surface area contributed by atoms with Gasteiger partial charge < -0.3 is 5.32 Å². The maximum Gasteiger partial charge on any atom is 0.0761 e. The van der Waals surface area contributed by atoms with Crippen LogP contribution in [0.3, 0.4) is 0 Å². The minimum absolute atomic E-state index is 0.465. The van der Waals surface area contributed by atoms with Crippen LogP contribution < -0.4 is 5.32 Å². The van der Waals surface area contributed by atoms with Crippen molar-refractivity contribution in [2.75, 3.05) is 5.32 Å². The van der Waals surface area contributed by atoms with E-state index >= 15 is 0 Å². The molecule has 0 atom stereocenters. The van der Waals surface area contributed by atoms with Gasteiger partial charge in [0.15, 0.2) is 0 Å². The number of hydrogen-bond donors (Lipinski definition) is 1. The summed E-state index contributed by atoms with van der Waals surface area (Å²) in [7, 11) is 0. The first-order valence-corrected chi connectivity index (χ1v) is 5.85. The Labute approximate surface area is 92.9 Å². The van der Waals surface area contributed by atoms with Crippen molar-refractivity contribution in [1.29, 1.82) is 0 Å². The highest BCUT2D eigenvalue weighted by molar-refractivity contribution is 5.47. The fourth-order valence-corrected chi connectivity index (χ4v) is 1.72. The monoisotopic (exact) mass is 209 g/mol. The van der Waals surface area contributed by atoms with Crippen LogP contribution in [0.2, 0.25) is 0 Å². The lowest BCUT2D eigenvalue weighted by atomic mass is 10.2. The quantitative estimate of drug-likeness (QED) is 0.808. The minimum atomic E-state index is 0.465. The topological polar surface area (TPSA) is 29.9 Å². The number of aromatic nitrogens is 2. The Hall–Kier alpha value is -0.990. The molecule has 3 nitrogen and oxygen atoms in total. The number of anilines is 1. The summed E-state index contributed by atoms with van der Waals surface area (Å²) in [5, 5.41) is 7.87. The molecule has 0 aliphatic heterocycles. The zero-order chi connectivity index (χ0) is 11.4. The Morgan fingerprint density at radius 2 is 2.00 bits per heavy atom. The van der Waals surface area contributed by atoms with Crippen LogP contribution in [0.4, 0.5) is 5.69 Å². The van der Waals surface area contributed by atoms with Gasteiger partial charge in [-0.15, -0.1) is 0 Å². The molecule has 1 rings (SSSR count). The normalized spacial score (nSPS) is 11.4. The minimum Gasteiger partial charge on any atom is -0.380 e. The van der Waals surface area contributed by atoms with Gasteiger partial charge in [-0.05, 0) is 26.2 Å². The molecule has 3 heteroatoms. The van der Waals surface area contributed by atoms with Gasteiger partial charge in [-0.1, -0.05) is 20.8 Å². The second kappa shape index (κ2) is 5.19. The molecule has 0 aliphatic carbocycles. The maximum absolute atomic E-state index is 4.43. The van der Waals surface area contributed by atoms with E-state index in [1.54, 1.807) is 0 Å². The van der Waals surface area contributed by atoms with Gasteiger partial charge in [-0.3, -0.25) is 4.68 Å². The summed E-state index contributed by atoms with van der Waals surface area (Å²) in [5.74, 6) is 0.641. The highest BCUT2D eigenvalue weighted by Gasteiger charge is 2.10. The lowest BCUT2D eigenvalue weighted by Gasteiger charge is -2.12. The standard InChI is InChI=1S/C12H23N3/c1-6-12-11(14-10(4)5)7-13-15(12)8-9(2)3/h7,9-10,14H,6,8H2,1-5H3. The van der Waals surface area contributed by atoms with Crippen LogP contribution in [0.1, 0.15) is 40.3 Å². The molecule has 1 aromatic rings. The number of nitrogens with zero attached hydrogens (tertiary/aromatic N) is 2. The Kier molecular flexibility index (Phi) is 4.18. The first kappa shape index (κ1) is 12.1. The zero-order valence-electron chi connectivity index (χ0n) is 10.5. The van der Waals surface area contributed by atoms with Gasteiger partial charge >= 0.3 is 0 Å². The molecule has 0 aromatic carbocycles. The molecule has 86 valence electrons. The Morgan fingerprint density at radius 1 is 1.33 bits per heavy atom. The van der Waals surface area contributed by atoms with E-state index in [1.165, 1.54) is 11.4 Å². The van der Waals surface area contributed by atoms with Crippen LogP contribution in [0.25, 0.3) is 0 Å². The SMILES string of the molecule is CCc1c(NC(C)C)cnn1CC(C)C. The van der Waals surface area contributed by atoms with Crippen molar-refractivity contribution in [2.45, 2.75) is 53.6 Å². The lowest BCUT2D eigenvalue weighted by molar-refractivity contribution is 0.470. The number of hydrogen-bond acceptors (Lipinski definition) is 2. The number of rotatable bonds is 5. The predicted octanol–water partition coefficient (Wildman–Crippen LogP) is 2.92.